The molecule has 0 unspecified atom stereocenters. The zero-order valence-electron chi connectivity index (χ0n) is 12.0. The molecule has 0 aliphatic carbocycles. The van der Waals surface area contributed by atoms with Gasteiger partial charge >= 0.3 is 0 Å². The highest BCUT2D eigenvalue weighted by atomic mass is 35.5. The van der Waals surface area contributed by atoms with Crippen LogP contribution in [-0.4, -0.2) is 26.4 Å². The minimum Gasteiger partial charge on any atom is -0.307 e. The molecule has 1 atom stereocenters. The maximum atomic E-state index is 6.05. The summed E-state index contributed by atoms with van der Waals surface area (Å²) in [6, 6.07) is 5.96. The monoisotopic (exact) mass is 385 g/mol. The zero-order chi connectivity index (χ0) is 15.8. The lowest BCUT2D eigenvalue weighted by molar-refractivity contribution is 0.582. The van der Waals surface area contributed by atoms with Crippen LogP contribution < -0.4 is 5.32 Å². The van der Waals surface area contributed by atoms with Gasteiger partial charge in [0.05, 0.1) is 16.1 Å². The fourth-order valence-electron chi connectivity index (χ4n) is 2.57. The second kappa shape index (κ2) is 6.57. The highest BCUT2D eigenvalue weighted by Crippen LogP contribution is 2.31. The Morgan fingerprint density at radius 2 is 2.22 bits per heavy atom. The molecule has 0 radical (unpaired) electrons. The van der Waals surface area contributed by atoms with E-state index in [2.05, 4.69) is 20.6 Å². The smallest absolute Gasteiger partial charge is 0.235 e. The molecule has 1 fully saturated rings. The standard InChI is InChI=1S/C14H13Cl2N5S2/c15-9-4-3-8(6-10(9)16)7-22-14-20-21-12(11-2-1-5-17-11)18-19-13(21)23-14/h3-4,6,11,17H,1-2,5,7H2/t11-/m1/s1. The minimum absolute atomic E-state index is 0.264. The van der Waals surface area contributed by atoms with E-state index in [0.717, 1.165) is 39.4 Å². The fraction of sp³-hybridized carbons (Fsp3) is 0.357. The first-order valence-corrected chi connectivity index (χ1v) is 9.79. The molecule has 1 aromatic carbocycles. The SMILES string of the molecule is Clc1ccc(CSc2nn3c([C@H]4CCCN4)nnc3s2)cc1Cl. The van der Waals surface area contributed by atoms with Gasteiger partial charge in [-0.1, -0.05) is 52.4 Å². The Bertz CT molecular complexity index is 841. The summed E-state index contributed by atoms with van der Waals surface area (Å²) < 4.78 is 2.84. The predicted molar refractivity (Wildman–Crippen MR) is 94.7 cm³/mol. The first kappa shape index (κ1) is 15.7. The van der Waals surface area contributed by atoms with Gasteiger partial charge in [0.25, 0.3) is 0 Å². The second-order valence-electron chi connectivity index (χ2n) is 5.31. The molecule has 0 saturated carbocycles. The molecule has 1 saturated heterocycles. The quantitative estimate of drug-likeness (QED) is 0.681. The van der Waals surface area contributed by atoms with Crippen molar-refractivity contribution in [3.63, 3.8) is 0 Å². The van der Waals surface area contributed by atoms with E-state index < -0.39 is 0 Å². The number of nitrogens with one attached hydrogen (secondary N) is 1. The molecule has 0 amide bonds. The van der Waals surface area contributed by atoms with Crippen LogP contribution >= 0.6 is 46.3 Å². The fourth-order valence-corrected chi connectivity index (χ4v) is 4.72. The first-order chi connectivity index (χ1) is 11.2. The molecule has 4 rings (SSSR count). The van der Waals surface area contributed by atoms with Crippen LogP contribution in [0, 0.1) is 0 Å². The van der Waals surface area contributed by atoms with E-state index in [1.807, 2.05) is 22.7 Å². The Morgan fingerprint density at radius 3 is 3.00 bits per heavy atom. The van der Waals surface area contributed by atoms with Crippen molar-refractivity contribution in [1.29, 1.82) is 0 Å². The van der Waals surface area contributed by atoms with E-state index in [-0.39, 0.29) is 6.04 Å². The van der Waals surface area contributed by atoms with Crippen LogP contribution in [0.3, 0.4) is 0 Å². The number of rotatable bonds is 4. The molecule has 1 N–H and O–H groups in total. The largest absolute Gasteiger partial charge is 0.307 e. The Balaban J connectivity index is 1.51. The Hall–Kier alpha value is -0.860. The highest BCUT2D eigenvalue weighted by molar-refractivity contribution is 8.00. The average molecular weight is 386 g/mol. The van der Waals surface area contributed by atoms with Gasteiger partial charge in [-0.2, -0.15) is 4.52 Å². The number of hydrogen-bond acceptors (Lipinski definition) is 6. The highest BCUT2D eigenvalue weighted by Gasteiger charge is 2.23. The van der Waals surface area contributed by atoms with E-state index >= 15 is 0 Å². The van der Waals surface area contributed by atoms with Gasteiger partial charge in [-0.3, -0.25) is 0 Å². The molecule has 2 aromatic heterocycles. The molecular weight excluding hydrogens is 373 g/mol. The normalized spacial score (nSPS) is 18.1. The van der Waals surface area contributed by atoms with Crippen LogP contribution in [0.25, 0.3) is 4.96 Å². The molecule has 0 spiro atoms. The van der Waals surface area contributed by atoms with Gasteiger partial charge in [-0.05, 0) is 37.1 Å². The molecule has 9 heteroatoms. The molecule has 1 aliphatic heterocycles. The summed E-state index contributed by atoms with van der Waals surface area (Å²) >= 11 is 15.2. The number of benzene rings is 1. The van der Waals surface area contributed by atoms with Crippen molar-refractivity contribution in [3.05, 3.63) is 39.6 Å². The zero-order valence-corrected chi connectivity index (χ0v) is 15.1. The van der Waals surface area contributed by atoms with Crippen LogP contribution in [0.1, 0.15) is 30.3 Å². The molecule has 0 bridgehead atoms. The van der Waals surface area contributed by atoms with Gasteiger partial charge in [0.15, 0.2) is 10.2 Å². The van der Waals surface area contributed by atoms with Gasteiger partial charge in [0.2, 0.25) is 4.96 Å². The topological polar surface area (TPSA) is 55.1 Å². The molecule has 3 aromatic rings. The Morgan fingerprint density at radius 1 is 1.30 bits per heavy atom. The van der Waals surface area contributed by atoms with Crippen molar-refractivity contribution >= 4 is 51.3 Å². The summed E-state index contributed by atoms with van der Waals surface area (Å²) in [7, 11) is 0. The lowest BCUT2D eigenvalue weighted by Crippen LogP contribution is -2.16. The number of nitrogens with zero attached hydrogens (tertiary/aromatic N) is 4. The molecule has 3 heterocycles. The van der Waals surface area contributed by atoms with Crippen LogP contribution in [0.4, 0.5) is 0 Å². The summed E-state index contributed by atoms with van der Waals surface area (Å²) in [5.41, 5.74) is 1.12. The predicted octanol–water partition coefficient (Wildman–Crippen LogP) is 4.21. The van der Waals surface area contributed by atoms with Gasteiger partial charge in [-0.25, -0.2) is 0 Å². The number of aromatic nitrogens is 4. The van der Waals surface area contributed by atoms with Crippen LogP contribution in [0.15, 0.2) is 22.5 Å². The van der Waals surface area contributed by atoms with E-state index in [4.69, 9.17) is 23.2 Å². The van der Waals surface area contributed by atoms with Crippen molar-refractivity contribution in [2.45, 2.75) is 29.0 Å². The van der Waals surface area contributed by atoms with Crippen LogP contribution in [0.5, 0.6) is 0 Å². The lowest BCUT2D eigenvalue weighted by atomic mass is 10.2. The van der Waals surface area contributed by atoms with E-state index in [0.29, 0.717) is 10.0 Å². The molecule has 5 nitrogen and oxygen atoms in total. The Kier molecular flexibility index (Phi) is 4.47. The summed E-state index contributed by atoms with van der Waals surface area (Å²) in [5, 5.41) is 17.8. The number of halogens is 2. The first-order valence-electron chi connectivity index (χ1n) is 7.23. The number of hydrogen-bond donors (Lipinski definition) is 1. The lowest BCUT2D eigenvalue weighted by Gasteiger charge is -2.05. The molecule has 23 heavy (non-hydrogen) atoms. The summed E-state index contributed by atoms with van der Waals surface area (Å²) in [6.45, 7) is 1.03. The summed E-state index contributed by atoms with van der Waals surface area (Å²) in [5.74, 6) is 1.70. The maximum Gasteiger partial charge on any atom is 0.235 e. The Labute approximate surface area is 151 Å². The average Bonchev–Trinajstić information content (AvgIpc) is 3.24. The van der Waals surface area contributed by atoms with Crippen LogP contribution in [0.2, 0.25) is 10.0 Å². The van der Waals surface area contributed by atoms with Crippen molar-refractivity contribution in [2.24, 2.45) is 0 Å². The van der Waals surface area contributed by atoms with Gasteiger partial charge < -0.3 is 5.32 Å². The van der Waals surface area contributed by atoms with Crippen molar-refractivity contribution in [2.75, 3.05) is 6.54 Å². The molecule has 120 valence electrons. The van der Waals surface area contributed by atoms with Gasteiger partial charge in [0.1, 0.15) is 0 Å². The van der Waals surface area contributed by atoms with E-state index in [1.54, 1.807) is 23.1 Å². The third kappa shape index (κ3) is 3.21. The van der Waals surface area contributed by atoms with E-state index in [9.17, 15) is 0 Å². The number of thioether (sulfide) groups is 1. The van der Waals surface area contributed by atoms with Crippen molar-refractivity contribution in [3.8, 4) is 0 Å². The second-order valence-corrected chi connectivity index (χ2v) is 8.30. The summed E-state index contributed by atoms with van der Waals surface area (Å²) in [4.78, 5) is 0.838. The van der Waals surface area contributed by atoms with Gasteiger partial charge in [-0.15, -0.1) is 15.3 Å². The number of fused-ring (bicyclic) bond motifs is 1. The molecule has 1 aliphatic rings. The maximum absolute atomic E-state index is 6.05. The van der Waals surface area contributed by atoms with Gasteiger partial charge in [0, 0.05) is 5.75 Å². The van der Waals surface area contributed by atoms with E-state index in [1.165, 1.54) is 6.42 Å². The van der Waals surface area contributed by atoms with Crippen molar-refractivity contribution in [1.82, 2.24) is 25.1 Å². The summed E-state index contributed by atoms with van der Waals surface area (Å²) in [6.07, 6.45) is 2.26. The third-order valence-electron chi connectivity index (χ3n) is 3.71. The molecular formula is C14H13Cl2N5S2. The minimum atomic E-state index is 0.264. The van der Waals surface area contributed by atoms with Crippen LogP contribution in [-0.2, 0) is 5.75 Å². The van der Waals surface area contributed by atoms with Crippen molar-refractivity contribution < 1.29 is 0 Å². The third-order valence-corrected chi connectivity index (χ3v) is 6.56.